The summed E-state index contributed by atoms with van der Waals surface area (Å²) in [4.78, 5) is 2.78. The molecule has 0 spiro atoms. The van der Waals surface area contributed by atoms with E-state index in [2.05, 4.69) is 31.1 Å². The number of rotatable bonds is 4. The van der Waals surface area contributed by atoms with E-state index >= 15 is 0 Å². The Morgan fingerprint density at radius 2 is 2.05 bits per heavy atom. The van der Waals surface area contributed by atoms with Crippen LogP contribution in [0.3, 0.4) is 0 Å². The van der Waals surface area contributed by atoms with Crippen molar-refractivity contribution in [2.24, 2.45) is 17.8 Å². The molecule has 21 heavy (non-hydrogen) atoms. The summed E-state index contributed by atoms with van der Waals surface area (Å²) in [5.74, 6) is 2.60. The van der Waals surface area contributed by atoms with Crippen LogP contribution < -0.4 is 5.32 Å². The molecule has 0 bridgehead atoms. The van der Waals surface area contributed by atoms with Crippen molar-refractivity contribution in [3.8, 4) is 0 Å². The van der Waals surface area contributed by atoms with Crippen molar-refractivity contribution in [3.63, 3.8) is 0 Å². The number of ether oxygens (including phenoxy) is 1. The van der Waals surface area contributed by atoms with E-state index in [0.29, 0.717) is 6.10 Å². The van der Waals surface area contributed by atoms with Crippen LogP contribution in [0.4, 0.5) is 0 Å². The molecule has 0 aromatic rings. The van der Waals surface area contributed by atoms with Crippen molar-refractivity contribution in [3.05, 3.63) is 0 Å². The molecule has 1 heterocycles. The monoisotopic (exact) mass is 294 g/mol. The third-order valence-corrected chi connectivity index (χ3v) is 6.40. The fraction of sp³-hybridized carbons (Fsp3) is 1.00. The van der Waals surface area contributed by atoms with Gasteiger partial charge in [-0.05, 0) is 63.3 Å². The van der Waals surface area contributed by atoms with Crippen molar-refractivity contribution in [2.75, 3.05) is 26.7 Å². The largest absolute Gasteiger partial charge is 0.375 e. The predicted octanol–water partition coefficient (Wildman–Crippen LogP) is 2.90. The first-order chi connectivity index (χ1) is 10.2. The van der Waals surface area contributed by atoms with Gasteiger partial charge in [0.25, 0.3) is 0 Å². The Hall–Kier alpha value is -0.120. The summed E-state index contributed by atoms with van der Waals surface area (Å²) in [6.07, 6.45) is 8.73. The first kappa shape index (κ1) is 15.8. The SMILES string of the molecule is CNC1CCC(C(C)C)CC1CN1CCOC2CCCC21. The fourth-order valence-corrected chi connectivity index (χ4v) is 5.02. The van der Waals surface area contributed by atoms with Crippen LogP contribution in [0.2, 0.25) is 0 Å². The molecule has 5 unspecified atom stereocenters. The molecular formula is C18H34N2O. The summed E-state index contributed by atoms with van der Waals surface area (Å²) in [5, 5.41) is 3.60. The van der Waals surface area contributed by atoms with Gasteiger partial charge in [0.05, 0.1) is 12.7 Å². The summed E-state index contributed by atoms with van der Waals surface area (Å²) in [6.45, 7) is 8.21. The molecule has 0 radical (unpaired) electrons. The molecular weight excluding hydrogens is 260 g/mol. The van der Waals surface area contributed by atoms with Crippen molar-refractivity contribution in [2.45, 2.75) is 70.6 Å². The molecule has 3 aliphatic rings. The highest BCUT2D eigenvalue weighted by Gasteiger charge is 2.39. The highest BCUT2D eigenvalue weighted by Crippen LogP contribution is 2.36. The van der Waals surface area contributed by atoms with Gasteiger partial charge in [0.1, 0.15) is 0 Å². The third-order valence-electron chi connectivity index (χ3n) is 6.40. The van der Waals surface area contributed by atoms with Gasteiger partial charge in [0.15, 0.2) is 0 Å². The van der Waals surface area contributed by atoms with E-state index in [0.717, 1.165) is 43.0 Å². The summed E-state index contributed by atoms with van der Waals surface area (Å²) in [6, 6.07) is 1.44. The number of nitrogens with zero attached hydrogens (tertiary/aromatic N) is 1. The Morgan fingerprint density at radius 1 is 1.19 bits per heavy atom. The number of fused-ring (bicyclic) bond motifs is 1. The lowest BCUT2D eigenvalue weighted by Gasteiger charge is -2.44. The smallest absolute Gasteiger partial charge is 0.0730 e. The molecule has 1 saturated heterocycles. The molecule has 0 aromatic heterocycles. The average Bonchev–Trinajstić information content (AvgIpc) is 2.96. The van der Waals surface area contributed by atoms with E-state index in [-0.39, 0.29) is 0 Å². The normalized spacial score (nSPS) is 41.4. The Bertz CT molecular complexity index is 333. The highest BCUT2D eigenvalue weighted by atomic mass is 16.5. The van der Waals surface area contributed by atoms with E-state index in [4.69, 9.17) is 4.74 Å². The Balaban J connectivity index is 1.63. The maximum Gasteiger partial charge on any atom is 0.0730 e. The summed E-state index contributed by atoms with van der Waals surface area (Å²) in [5.41, 5.74) is 0. The maximum absolute atomic E-state index is 5.98. The minimum absolute atomic E-state index is 0.538. The first-order valence-electron chi connectivity index (χ1n) is 9.22. The van der Waals surface area contributed by atoms with Gasteiger partial charge in [-0.15, -0.1) is 0 Å². The minimum Gasteiger partial charge on any atom is -0.375 e. The second-order valence-electron chi connectivity index (χ2n) is 7.87. The van der Waals surface area contributed by atoms with E-state index in [1.807, 2.05) is 0 Å². The van der Waals surface area contributed by atoms with Gasteiger partial charge in [0, 0.05) is 25.2 Å². The third kappa shape index (κ3) is 3.46. The maximum atomic E-state index is 5.98. The topological polar surface area (TPSA) is 24.5 Å². The second-order valence-corrected chi connectivity index (χ2v) is 7.87. The Labute approximate surface area is 130 Å². The van der Waals surface area contributed by atoms with Gasteiger partial charge < -0.3 is 10.1 Å². The van der Waals surface area contributed by atoms with Crippen LogP contribution in [-0.4, -0.2) is 49.8 Å². The molecule has 5 atom stereocenters. The zero-order valence-corrected chi connectivity index (χ0v) is 14.2. The summed E-state index contributed by atoms with van der Waals surface area (Å²) < 4.78 is 5.98. The van der Waals surface area contributed by atoms with E-state index < -0.39 is 0 Å². The van der Waals surface area contributed by atoms with Crippen LogP contribution in [0.15, 0.2) is 0 Å². The van der Waals surface area contributed by atoms with Crippen molar-refractivity contribution in [1.82, 2.24) is 10.2 Å². The molecule has 3 fully saturated rings. The van der Waals surface area contributed by atoms with Gasteiger partial charge >= 0.3 is 0 Å². The molecule has 3 rings (SSSR count). The molecule has 3 nitrogen and oxygen atoms in total. The predicted molar refractivity (Wildman–Crippen MR) is 87.5 cm³/mol. The zero-order valence-electron chi connectivity index (χ0n) is 14.2. The van der Waals surface area contributed by atoms with E-state index in [1.165, 1.54) is 45.1 Å². The average molecular weight is 294 g/mol. The molecule has 3 heteroatoms. The second kappa shape index (κ2) is 6.97. The van der Waals surface area contributed by atoms with E-state index in [9.17, 15) is 0 Å². The molecule has 1 aliphatic heterocycles. The van der Waals surface area contributed by atoms with Crippen LogP contribution in [0.1, 0.15) is 52.4 Å². The van der Waals surface area contributed by atoms with Crippen LogP contribution >= 0.6 is 0 Å². The molecule has 2 saturated carbocycles. The van der Waals surface area contributed by atoms with Gasteiger partial charge in [0.2, 0.25) is 0 Å². The molecule has 2 aliphatic carbocycles. The van der Waals surface area contributed by atoms with Crippen LogP contribution in [0, 0.1) is 17.8 Å². The molecule has 0 aromatic carbocycles. The zero-order chi connectivity index (χ0) is 14.8. The van der Waals surface area contributed by atoms with Crippen molar-refractivity contribution < 1.29 is 4.74 Å². The standard InChI is InChI=1S/C18H34N2O/c1-13(2)14-7-8-16(19-3)15(11-14)12-20-9-10-21-18-6-4-5-17(18)20/h13-19H,4-12H2,1-3H3. The number of hydrogen-bond acceptors (Lipinski definition) is 3. The van der Waals surface area contributed by atoms with Gasteiger partial charge in [-0.2, -0.15) is 0 Å². The van der Waals surface area contributed by atoms with Gasteiger partial charge in [-0.1, -0.05) is 13.8 Å². The van der Waals surface area contributed by atoms with Crippen LogP contribution in [0.25, 0.3) is 0 Å². The van der Waals surface area contributed by atoms with E-state index in [1.54, 1.807) is 0 Å². The lowest BCUT2D eigenvalue weighted by atomic mass is 9.73. The van der Waals surface area contributed by atoms with Crippen molar-refractivity contribution in [1.29, 1.82) is 0 Å². The number of hydrogen-bond donors (Lipinski definition) is 1. The highest BCUT2D eigenvalue weighted by molar-refractivity contribution is 4.93. The summed E-state index contributed by atoms with van der Waals surface area (Å²) >= 11 is 0. The fourth-order valence-electron chi connectivity index (χ4n) is 5.02. The quantitative estimate of drug-likeness (QED) is 0.863. The molecule has 0 amide bonds. The Morgan fingerprint density at radius 3 is 2.81 bits per heavy atom. The van der Waals surface area contributed by atoms with Crippen LogP contribution in [-0.2, 0) is 4.74 Å². The number of morpholine rings is 1. The van der Waals surface area contributed by atoms with Crippen LogP contribution in [0.5, 0.6) is 0 Å². The Kier molecular flexibility index (Phi) is 5.23. The molecule has 1 N–H and O–H groups in total. The molecule has 122 valence electrons. The first-order valence-corrected chi connectivity index (χ1v) is 9.22. The van der Waals surface area contributed by atoms with Gasteiger partial charge in [-0.3, -0.25) is 4.90 Å². The number of nitrogens with one attached hydrogen (secondary N) is 1. The van der Waals surface area contributed by atoms with Crippen molar-refractivity contribution >= 4 is 0 Å². The lowest BCUT2D eigenvalue weighted by Crippen LogP contribution is -2.53. The summed E-state index contributed by atoms with van der Waals surface area (Å²) in [7, 11) is 2.16. The lowest BCUT2D eigenvalue weighted by molar-refractivity contribution is -0.0646. The minimum atomic E-state index is 0.538. The van der Waals surface area contributed by atoms with Gasteiger partial charge in [-0.25, -0.2) is 0 Å².